The summed E-state index contributed by atoms with van der Waals surface area (Å²) in [5.74, 6) is 0.574. The van der Waals surface area contributed by atoms with Gasteiger partial charge in [0.15, 0.2) is 0 Å². The van der Waals surface area contributed by atoms with E-state index in [1.807, 2.05) is 12.1 Å². The zero-order chi connectivity index (χ0) is 15.3. The molecule has 0 unspecified atom stereocenters. The third-order valence-corrected chi connectivity index (χ3v) is 3.75. The number of fused-ring (bicyclic) bond motifs is 3. The maximum atomic E-state index is 12.9. The molecule has 6 nitrogen and oxygen atoms in total. The lowest BCUT2D eigenvalue weighted by atomic mass is 10.2. The minimum atomic E-state index is -0.197. The fourth-order valence-corrected chi connectivity index (χ4v) is 2.76. The first-order valence-electron chi connectivity index (χ1n) is 6.57. The largest absolute Gasteiger partial charge is 0.368 e. The van der Waals surface area contributed by atoms with Crippen molar-refractivity contribution in [2.75, 3.05) is 5.73 Å². The SMILES string of the molecule is Nc1nnc2n(-c3cccc(Cl)c3)c(=O)c3ccccc3n12. The zero-order valence-electron chi connectivity index (χ0n) is 11.3. The average molecular weight is 312 g/mol. The smallest absolute Gasteiger partial charge is 0.267 e. The van der Waals surface area contributed by atoms with Crippen LogP contribution in [0.3, 0.4) is 0 Å². The molecule has 22 heavy (non-hydrogen) atoms. The number of benzene rings is 2. The maximum absolute atomic E-state index is 12.9. The van der Waals surface area contributed by atoms with Crippen molar-refractivity contribution in [2.45, 2.75) is 0 Å². The molecule has 0 aliphatic carbocycles. The summed E-state index contributed by atoms with van der Waals surface area (Å²) < 4.78 is 3.11. The molecular formula is C15H10ClN5O. The Balaban J connectivity index is 2.27. The normalized spacial score (nSPS) is 11.3. The summed E-state index contributed by atoms with van der Waals surface area (Å²) in [5, 5.41) is 9.00. The van der Waals surface area contributed by atoms with Gasteiger partial charge in [0.25, 0.3) is 5.56 Å². The first-order chi connectivity index (χ1) is 10.7. The van der Waals surface area contributed by atoms with Gasteiger partial charge in [-0.2, -0.15) is 0 Å². The highest BCUT2D eigenvalue weighted by Gasteiger charge is 2.16. The van der Waals surface area contributed by atoms with Gasteiger partial charge >= 0.3 is 0 Å². The molecule has 0 amide bonds. The van der Waals surface area contributed by atoms with Gasteiger partial charge < -0.3 is 5.73 Å². The van der Waals surface area contributed by atoms with Gasteiger partial charge in [-0.05, 0) is 30.3 Å². The second kappa shape index (κ2) is 4.57. The molecule has 0 fully saturated rings. The summed E-state index contributed by atoms with van der Waals surface area (Å²) in [4.78, 5) is 12.9. The summed E-state index contributed by atoms with van der Waals surface area (Å²) in [6, 6.07) is 14.2. The van der Waals surface area contributed by atoms with Gasteiger partial charge in [-0.1, -0.05) is 29.8 Å². The molecule has 108 valence electrons. The first kappa shape index (κ1) is 12.8. The molecule has 2 heterocycles. The molecule has 0 bridgehead atoms. The van der Waals surface area contributed by atoms with Crippen LogP contribution in [0.5, 0.6) is 0 Å². The highest BCUT2D eigenvalue weighted by Crippen LogP contribution is 2.20. The lowest BCUT2D eigenvalue weighted by Crippen LogP contribution is -2.22. The van der Waals surface area contributed by atoms with E-state index < -0.39 is 0 Å². The van der Waals surface area contributed by atoms with Crippen LogP contribution in [0.25, 0.3) is 22.4 Å². The number of rotatable bonds is 1. The quantitative estimate of drug-likeness (QED) is 0.585. The van der Waals surface area contributed by atoms with E-state index in [0.717, 1.165) is 0 Å². The van der Waals surface area contributed by atoms with Gasteiger partial charge in [0.05, 0.1) is 16.6 Å². The number of nitrogen functional groups attached to an aromatic ring is 1. The predicted octanol–water partition coefficient (Wildman–Crippen LogP) is 2.27. The van der Waals surface area contributed by atoms with Crippen LogP contribution in [0.1, 0.15) is 0 Å². The van der Waals surface area contributed by atoms with E-state index in [1.54, 1.807) is 40.8 Å². The standard InChI is InChI=1S/C15H10ClN5O/c16-9-4-3-5-10(8-9)20-13(22)11-6-1-2-7-12(11)21-14(17)18-19-15(20)21/h1-8H,(H2,17,18). The number of nitrogens with zero attached hydrogens (tertiary/aromatic N) is 4. The molecular weight excluding hydrogens is 302 g/mol. The number of nitrogens with two attached hydrogens (primary N) is 1. The van der Waals surface area contributed by atoms with Gasteiger partial charge in [0.1, 0.15) is 0 Å². The molecule has 0 atom stereocenters. The number of halogens is 1. The fraction of sp³-hybridized carbons (Fsp3) is 0. The number of hydrogen-bond acceptors (Lipinski definition) is 4. The van der Waals surface area contributed by atoms with Crippen molar-refractivity contribution < 1.29 is 0 Å². The fourth-order valence-electron chi connectivity index (χ4n) is 2.57. The van der Waals surface area contributed by atoms with Crippen molar-refractivity contribution in [1.82, 2.24) is 19.2 Å². The molecule has 0 radical (unpaired) electrons. The molecule has 7 heteroatoms. The van der Waals surface area contributed by atoms with E-state index in [4.69, 9.17) is 17.3 Å². The van der Waals surface area contributed by atoms with Crippen molar-refractivity contribution in [1.29, 1.82) is 0 Å². The Labute approximate surface area is 129 Å². The second-order valence-electron chi connectivity index (χ2n) is 4.83. The molecule has 2 N–H and O–H groups in total. The Hall–Kier alpha value is -2.86. The second-order valence-corrected chi connectivity index (χ2v) is 5.27. The Morgan fingerprint density at radius 3 is 2.68 bits per heavy atom. The number of anilines is 1. The van der Waals surface area contributed by atoms with Gasteiger partial charge in [-0.3, -0.25) is 4.79 Å². The van der Waals surface area contributed by atoms with Crippen LogP contribution in [0.15, 0.2) is 53.3 Å². The maximum Gasteiger partial charge on any atom is 0.267 e. The van der Waals surface area contributed by atoms with Crippen LogP contribution in [0, 0.1) is 0 Å². The van der Waals surface area contributed by atoms with Gasteiger partial charge in [0, 0.05) is 5.02 Å². The molecule has 0 aliphatic rings. The van der Waals surface area contributed by atoms with Gasteiger partial charge in [0.2, 0.25) is 11.7 Å². The molecule has 0 spiro atoms. The third-order valence-electron chi connectivity index (χ3n) is 3.52. The van der Waals surface area contributed by atoms with E-state index in [9.17, 15) is 4.79 Å². The first-order valence-corrected chi connectivity index (χ1v) is 6.95. The Morgan fingerprint density at radius 1 is 1.05 bits per heavy atom. The number of para-hydroxylation sites is 1. The van der Waals surface area contributed by atoms with E-state index in [-0.39, 0.29) is 11.5 Å². The Morgan fingerprint density at radius 2 is 1.86 bits per heavy atom. The Kier molecular flexibility index (Phi) is 2.67. The number of hydrogen-bond donors (Lipinski definition) is 1. The molecule has 0 aliphatic heterocycles. The zero-order valence-corrected chi connectivity index (χ0v) is 12.0. The van der Waals surface area contributed by atoms with Crippen molar-refractivity contribution in [3.63, 3.8) is 0 Å². The summed E-state index contributed by atoms with van der Waals surface area (Å²) in [5.41, 5.74) is 7.00. The minimum Gasteiger partial charge on any atom is -0.368 e. The predicted molar refractivity (Wildman–Crippen MR) is 85.5 cm³/mol. The van der Waals surface area contributed by atoms with Crippen molar-refractivity contribution in [2.24, 2.45) is 0 Å². The Bertz CT molecular complexity index is 1080. The van der Waals surface area contributed by atoms with E-state index in [0.29, 0.717) is 27.4 Å². The van der Waals surface area contributed by atoms with E-state index >= 15 is 0 Å². The monoisotopic (exact) mass is 311 g/mol. The summed E-state index contributed by atoms with van der Waals surface area (Å²) in [7, 11) is 0. The van der Waals surface area contributed by atoms with E-state index in [2.05, 4.69) is 10.2 Å². The van der Waals surface area contributed by atoms with Crippen LogP contribution < -0.4 is 11.3 Å². The van der Waals surface area contributed by atoms with E-state index in [1.165, 1.54) is 4.57 Å². The molecule has 2 aromatic heterocycles. The lowest BCUT2D eigenvalue weighted by molar-refractivity contribution is 0.967. The third kappa shape index (κ3) is 1.71. The van der Waals surface area contributed by atoms with Gasteiger partial charge in [-0.25, -0.2) is 8.97 Å². The number of aromatic nitrogens is 4. The summed E-state index contributed by atoms with van der Waals surface area (Å²) in [6.45, 7) is 0. The van der Waals surface area contributed by atoms with Crippen LogP contribution in [0.2, 0.25) is 5.02 Å². The molecule has 0 saturated carbocycles. The van der Waals surface area contributed by atoms with Crippen molar-refractivity contribution in [3.05, 3.63) is 63.9 Å². The topological polar surface area (TPSA) is 78.2 Å². The molecule has 0 saturated heterocycles. The molecule has 4 aromatic rings. The van der Waals surface area contributed by atoms with Crippen LogP contribution >= 0.6 is 11.6 Å². The van der Waals surface area contributed by atoms with Crippen molar-refractivity contribution in [3.8, 4) is 5.69 Å². The van der Waals surface area contributed by atoms with Crippen molar-refractivity contribution >= 4 is 34.2 Å². The molecule has 4 rings (SSSR count). The summed E-state index contributed by atoms with van der Waals surface area (Å²) in [6.07, 6.45) is 0. The molecule has 2 aromatic carbocycles. The van der Waals surface area contributed by atoms with Crippen LogP contribution in [0.4, 0.5) is 5.95 Å². The minimum absolute atomic E-state index is 0.197. The lowest BCUT2D eigenvalue weighted by Gasteiger charge is -2.10. The highest BCUT2D eigenvalue weighted by atomic mass is 35.5. The highest BCUT2D eigenvalue weighted by molar-refractivity contribution is 6.30. The van der Waals surface area contributed by atoms with Crippen LogP contribution in [-0.2, 0) is 0 Å². The summed E-state index contributed by atoms with van der Waals surface area (Å²) >= 11 is 6.04. The van der Waals surface area contributed by atoms with Gasteiger partial charge in [-0.15, -0.1) is 10.2 Å². The van der Waals surface area contributed by atoms with Crippen LogP contribution in [-0.4, -0.2) is 19.2 Å². The average Bonchev–Trinajstić information content (AvgIpc) is 2.90.